The second-order valence-corrected chi connectivity index (χ2v) is 6.80. The van der Waals surface area contributed by atoms with Crippen molar-refractivity contribution in [1.82, 2.24) is 14.9 Å². The van der Waals surface area contributed by atoms with Gasteiger partial charge in [-0.25, -0.2) is 9.97 Å². The van der Waals surface area contributed by atoms with Crippen molar-refractivity contribution in [3.8, 4) is 0 Å². The highest BCUT2D eigenvalue weighted by Crippen LogP contribution is 2.50. The fourth-order valence-electron chi connectivity index (χ4n) is 3.10. The molecule has 2 aromatic rings. The van der Waals surface area contributed by atoms with E-state index in [0.29, 0.717) is 11.8 Å². The van der Waals surface area contributed by atoms with Crippen molar-refractivity contribution in [1.29, 1.82) is 0 Å². The molecule has 2 aromatic heterocycles. The monoisotopic (exact) mass is 314 g/mol. The summed E-state index contributed by atoms with van der Waals surface area (Å²) in [4.78, 5) is 26.7. The van der Waals surface area contributed by atoms with Crippen LogP contribution in [0.3, 0.4) is 0 Å². The molecule has 0 radical (unpaired) electrons. The molecule has 4 rings (SSSR count). The van der Waals surface area contributed by atoms with Crippen LogP contribution in [-0.4, -0.2) is 47.0 Å². The average molecular weight is 314 g/mol. The SMILES string of the molecule is O=C(C1CC1c1cccs1)N1CCN(c2ncccn2)CC1. The van der Waals surface area contributed by atoms with E-state index in [4.69, 9.17) is 0 Å². The van der Waals surface area contributed by atoms with Crippen LogP contribution in [0.4, 0.5) is 5.95 Å². The van der Waals surface area contributed by atoms with E-state index >= 15 is 0 Å². The Kier molecular flexibility index (Phi) is 3.54. The topological polar surface area (TPSA) is 49.3 Å². The third-order valence-corrected chi connectivity index (χ3v) is 5.45. The molecular formula is C16H18N4OS. The van der Waals surface area contributed by atoms with E-state index in [-0.39, 0.29) is 5.92 Å². The summed E-state index contributed by atoms with van der Waals surface area (Å²) in [5.41, 5.74) is 0. The number of piperazine rings is 1. The molecule has 0 spiro atoms. The minimum atomic E-state index is 0.207. The molecule has 22 heavy (non-hydrogen) atoms. The Morgan fingerprint density at radius 3 is 2.59 bits per heavy atom. The maximum absolute atomic E-state index is 12.6. The van der Waals surface area contributed by atoms with Crippen molar-refractivity contribution >= 4 is 23.2 Å². The predicted octanol–water partition coefficient (Wildman–Crippen LogP) is 1.99. The van der Waals surface area contributed by atoms with E-state index in [1.165, 1.54) is 4.88 Å². The zero-order valence-electron chi connectivity index (χ0n) is 12.3. The van der Waals surface area contributed by atoms with Gasteiger partial charge in [0, 0.05) is 55.3 Å². The standard InChI is InChI=1S/C16H18N4OS/c21-15(13-11-12(13)14-3-1-10-22-14)19-6-8-20(9-7-19)16-17-4-2-5-18-16/h1-5,10,12-13H,6-9,11H2. The van der Waals surface area contributed by atoms with Crippen LogP contribution in [0.5, 0.6) is 0 Å². The van der Waals surface area contributed by atoms with E-state index in [0.717, 1.165) is 38.5 Å². The first-order valence-corrected chi connectivity index (χ1v) is 8.55. The summed E-state index contributed by atoms with van der Waals surface area (Å²) in [6.45, 7) is 3.16. The lowest BCUT2D eigenvalue weighted by molar-refractivity contribution is -0.132. The molecule has 1 saturated carbocycles. The molecule has 2 atom stereocenters. The molecule has 114 valence electrons. The van der Waals surface area contributed by atoms with Crippen LogP contribution in [-0.2, 0) is 4.79 Å². The summed E-state index contributed by atoms with van der Waals surface area (Å²) in [6, 6.07) is 6.03. The van der Waals surface area contributed by atoms with Crippen LogP contribution in [0.1, 0.15) is 17.2 Å². The second kappa shape index (κ2) is 5.68. The number of amides is 1. The zero-order valence-corrected chi connectivity index (χ0v) is 13.1. The Bertz CT molecular complexity index is 637. The zero-order chi connectivity index (χ0) is 14.9. The molecule has 1 aliphatic heterocycles. The maximum Gasteiger partial charge on any atom is 0.226 e. The van der Waals surface area contributed by atoms with Gasteiger partial charge in [0.1, 0.15) is 0 Å². The predicted molar refractivity (Wildman–Crippen MR) is 86.0 cm³/mol. The Labute approximate surface area is 133 Å². The normalized spacial score (nSPS) is 24.4. The van der Waals surface area contributed by atoms with Crippen LogP contribution in [0.25, 0.3) is 0 Å². The highest BCUT2D eigenvalue weighted by atomic mass is 32.1. The van der Waals surface area contributed by atoms with Gasteiger partial charge in [-0.05, 0) is 23.9 Å². The molecule has 2 fully saturated rings. The van der Waals surface area contributed by atoms with E-state index in [1.807, 2.05) is 11.0 Å². The minimum Gasteiger partial charge on any atom is -0.339 e. The summed E-state index contributed by atoms with van der Waals surface area (Å²) in [7, 11) is 0. The first kappa shape index (κ1) is 13.7. The Hall–Kier alpha value is -1.95. The van der Waals surface area contributed by atoms with E-state index in [1.54, 1.807) is 23.7 Å². The van der Waals surface area contributed by atoms with Gasteiger partial charge in [-0.3, -0.25) is 4.79 Å². The summed E-state index contributed by atoms with van der Waals surface area (Å²) < 4.78 is 0. The van der Waals surface area contributed by atoms with Gasteiger partial charge >= 0.3 is 0 Å². The molecule has 3 heterocycles. The number of carbonyl (C=O) groups excluding carboxylic acids is 1. The minimum absolute atomic E-state index is 0.207. The second-order valence-electron chi connectivity index (χ2n) is 5.83. The maximum atomic E-state index is 12.6. The van der Waals surface area contributed by atoms with E-state index in [9.17, 15) is 4.79 Å². The van der Waals surface area contributed by atoms with Gasteiger partial charge < -0.3 is 9.80 Å². The van der Waals surface area contributed by atoms with Gasteiger partial charge in [0.05, 0.1) is 0 Å². The number of aromatic nitrogens is 2. The molecular weight excluding hydrogens is 296 g/mol. The van der Waals surface area contributed by atoms with Gasteiger partial charge in [-0.15, -0.1) is 11.3 Å². The number of hydrogen-bond donors (Lipinski definition) is 0. The fourth-order valence-corrected chi connectivity index (χ4v) is 4.01. The first-order valence-electron chi connectivity index (χ1n) is 7.67. The molecule has 1 saturated heterocycles. The lowest BCUT2D eigenvalue weighted by Gasteiger charge is -2.34. The highest BCUT2D eigenvalue weighted by molar-refractivity contribution is 7.10. The van der Waals surface area contributed by atoms with E-state index in [2.05, 4.69) is 32.4 Å². The lowest BCUT2D eigenvalue weighted by Crippen LogP contribution is -2.49. The fraction of sp³-hybridized carbons (Fsp3) is 0.438. The summed E-state index contributed by atoms with van der Waals surface area (Å²) in [5, 5.41) is 2.09. The van der Waals surface area contributed by atoms with Crippen LogP contribution in [0.15, 0.2) is 36.0 Å². The number of nitrogens with zero attached hydrogens (tertiary/aromatic N) is 4. The van der Waals surface area contributed by atoms with Crippen molar-refractivity contribution in [2.45, 2.75) is 12.3 Å². The quantitative estimate of drug-likeness (QED) is 0.869. The Balaban J connectivity index is 1.33. The third kappa shape index (κ3) is 2.59. The molecule has 0 aromatic carbocycles. The van der Waals surface area contributed by atoms with E-state index < -0.39 is 0 Å². The smallest absolute Gasteiger partial charge is 0.226 e. The molecule has 1 aliphatic carbocycles. The molecule has 2 unspecified atom stereocenters. The highest BCUT2D eigenvalue weighted by Gasteiger charge is 2.46. The molecule has 2 aliphatic rings. The summed E-state index contributed by atoms with van der Waals surface area (Å²) in [5.74, 6) is 1.76. The largest absolute Gasteiger partial charge is 0.339 e. The van der Waals surface area contributed by atoms with Crippen molar-refractivity contribution in [2.24, 2.45) is 5.92 Å². The van der Waals surface area contributed by atoms with Crippen LogP contribution < -0.4 is 4.90 Å². The number of anilines is 1. The van der Waals surface area contributed by atoms with Crippen molar-refractivity contribution in [2.75, 3.05) is 31.1 Å². The number of thiophene rings is 1. The summed E-state index contributed by atoms with van der Waals surface area (Å²) >= 11 is 1.76. The van der Waals surface area contributed by atoms with Gasteiger partial charge in [0.15, 0.2) is 0 Å². The number of hydrogen-bond acceptors (Lipinski definition) is 5. The van der Waals surface area contributed by atoms with Gasteiger partial charge in [0.2, 0.25) is 11.9 Å². The third-order valence-electron chi connectivity index (χ3n) is 4.44. The Morgan fingerprint density at radius 2 is 1.91 bits per heavy atom. The lowest BCUT2D eigenvalue weighted by atomic mass is 10.2. The average Bonchev–Trinajstić information content (AvgIpc) is 3.20. The van der Waals surface area contributed by atoms with Gasteiger partial charge in [-0.2, -0.15) is 0 Å². The van der Waals surface area contributed by atoms with Gasteiger partial charge in [0.25, 0.3) is 0 Å². The van der Waals surface area contributed by atoms with Crippen molar-refractivity contribution in [3.05, 3.63) is 40.8 Å². The van der Waals surface area contributed by atoms with Crippen LogP contribution in [0, 0.1) is 5.92 Å². The van der Waals surface area contributed by atoms with Crippen LogP contribution >= 0.6 is 11.3 Å². The van der Waals surface area contributed by atoms with Crippen LogP contribution in [0.2, 0.25) is 0 Å². The molecule has 0 bridgehead atoms. The molecule has 6 heteroatoms. The van der Waals surface area contributed by atoms with Crippen molar-refractivity contribution < 1.29 is 4.79 Å². The number of carbonyl (C=O) groups is 1. The molecule has 1 amide bonds. The number of rotatable bonds is 3. The van der Waals surface area contributed by atoms with Gasteiger partial charge in [-0.1, -0.05) is 6.07 Å². The molecule has 0 N–H and O–H groups in total. The first-order chi connectivity index (χ1) is 10.8. The van der Waals surface area contributed by atoms with Crippen molar-refractivity contribution in [3.63, 3.8) is 0 Å². The Morgan fingerprint density at radius 1 is 1.14 bits per heavy atom. The summed E-state index contributed by atoms with van der Waals surface area (Å²) in [6.07, 6.45) is 4.53. The molecule has 5 nitrogen and oxygen atoms in total.